The summed E-state index contributed by atoms with van der Waals surface area (Å²) in [5, 5.41) is 0. The highest BCUT2D eigenvalue weighted by Crippen LogP contribution is 2.08. The molecule has 0 unspecified atom stereocenters. The van der Waals surface area contributed by atoms with Gasteiger partial charge in [-0.1, -0.05) is 0 Å². The Bertz CT molecular complexity index is 75.0. The van der Waals surface area contributed by atoms with Gasteiger partial charge in [0, 0.05) is 0 Å². The Labute approximate surface area is 37.4 Å². The molecule has 0 rings (SSSR count). The van der Waals surface area contributed by atoms with Crippen LogP contribution in [0.1, 0.15) is 0 Å². The zero-order chi connectivity index (χ0) is 5.86. The van der Waals surface area contributed by atoms with Crippen LogP contribution in [0.2, 0.25) is 0 Å². The van der Waals surface area contributed by atoms with Crippen molar-refractivity contribution in [3.8, 4) is 0 Å². The third-order valence-corrected chi connectivity index (χ3v) is 0.313. The molecule has 0 radical (unpaired) electrons. The molecule has 0 aliphatic heterocycles. The maximum atomic E-state index is 11.0. The van der Waals surface area contributed by atoms with E-state index in [9.17, 15) is 17.6 Å². The van der Waals surface area contributed by atoms with Gasteiger partial charge < -0.3 is 0 Å². The molecule has 7 heavy (non-hydrogen) atoms. The predicted octanol–water partition coefficient (Wildman–Crippen LogP) is 2.03. The first-order valence-corrected chi connectivity index (χ1v) is 1.42. The maximum absolute atomic E-state index is 11.0. The van der Waals surface area contributed by atoms with Crippen molar-refractivity contribution < 1.29 is 17.6 Å². The number of hydrogen-bond acceptors (Lipinski definition) is 0. The fourth-order valence-corrected chi connectivity index (χ4v) is 0.0476. The lowest BCUT2D eigenvalue weighted by molar-refractivity contribution is 0.156. The standard InChI is InChI=1S/C3H2F4/c4-1-2(5)3(6)7/h1,3H/b2-1+. The topological polar surface area (TPSA) is 0 Å². The van der Waals surface area contributed by atoms with Gasteiger partial charge in [0.2, 0.25) is 0 Å². The molecule has 4 heteroatoms. The van der Waals surface area contributed by atoms with Crippen LogP contribution in [0.3, 0.4) is 0 Å². The molecule has 0 aliphatic rings. The number of hydrogen-bond donors (Lipinski definition) is 0. The van der Waals surface area contributed by atoms with Crippen molar-refractivity contribution in [2.24, 2.45) is 0 Å². The summed E-state index contributed by atoms with van der Waals surface area (Å²) >= 11 is 0. The van der Waals surface area contributed by atoms with Crippen LogP contribution < -0.4 is 0 Å². The van der Waals surface area contributed by atoms with Crippen LogP contribution in [-0.4, -0.2) is 6.43 Å². The average Bonchev–Trinajstić information content (AvgIpc) is 1.65. The van der Waals surface area contributed by atoms with Gasteiger partial charge in [0.1, 0.15) is 6.33 Å². The average molecular weight is 114 g/mol. The fraction of sp³-hybridized carbons (Fsp3) is 0.333. The lowest BCUT2D eigenvalue weighted by atomic mass is 10.6. The summed E-state index contributed by atoms with van der Waals surface area (Å²) in [5.41, 5.74) is 0. The van der Waals surface area contributed by atoms with Gasteiger partial charge >= 0.3 is 0 Å². The molecule has 0 amide bonds. The largest absolute Gasteiger partial charge is 0.291 e. The molecule has 0 heterocycles. The van der Waals surface area contributed by atoms with Gasteiger partial charge in [-0.15, -0.1) is 0 Å². The van der Waals surface area contributed by atoms with Crippen LogP contribution in [-0.2, 0) is 0 Å². The quantitative estimate of drug-likeness (QED) is 0.457. The van der Waals surface area contributed by atoms with Gasteiger partial charge in [-0.2, -0.15) is 0 Å². The molecule has 0 aromatic rings. The van der Waals surface area contributed by atoms with E-state index in [1.807, 2.05) is 0 Å². The number of rotatable bonds is 1. The van der Waals surface area contributed by atoms with Gasteiger partial charge in [0.15, 0.2) is 5.83 Å². The van der Waals surface area contributed by atoms with Crippen molar-refractivity contribution in [3.05, 3.63) is 12.2 Å². The van der Waals surface area contributed by atoms with Crippen LogP contribution in [0.15, 0.2) is 12.2 Å². The van der Waals surface area contributed by atoms with E-state index in [-0.39, 0.29) is 0 Å². The second-order valence-corrected chi connectivity index (χ2v) is 0.795. The Morgan fingerprint density at radius 1 is 1.43 bits per heavy atom. The lowest BCUT2D eigenvalue weighted by Gasteiger charge is -1.85. The normalized spacial score (nSPS) is 13.0. The van der Waals surface area contributed by atoms with Crippen LogP contribution in [0.4, 0.5) is 17.6 Å². The van der Waals surface area contributed by atoms with Crippen LogP contribution >= 0.6 is 0 Å². The highest BCUT2D eigenvalue weighted by atomic mass is 19.3. The van der Waals surface area contributed by atoms with Crippen molar-refractivity contribution in [3.63, 3.8) is 0 Å². The van der Waals surface area contributed by atoms with E-state index in [2.05, 4.69) is 0 Å². The summed E-state index contributed by atoms with van der Waals surface area (Å²) in [6, 6.07) is 0. The minimum absolute atomic E-state index is 0.759. The third-order valence-electron chi connectivity index (χ3n) is 0.313. The smallest absolute Gasteiger partial charge is 0.212 e. The minimum Gasteiger partial charge on any atom is -0.212 e. The first-order valence-electron chi connectivity index (χ1n) is 1.42. The van der Waals surface area contributed by atoms with Crippen molar-refractivity contribution in [2.75, 3.05) is 0 Å². The van der Waals surface area contributed by atoms with Crippen molar-refractivity contribution in [1.82, 2.24) is 0 Å². The minimum atomic E-state index is -3.31. The van der Waals surface area contributed by atoms with E-state index in [1.54, 1.807) is 0 Å². The molecule has 0 aromatic carbocycles. The highest BCUT2D eigenvalue weighted by molar-refractivity contribution is 4.87. The summed E-state index contributed by atoms with van der Waals surface area (Å²) in [7, 11) is 0. The zero-order valence-electron chi connectivity index (χ0n) is 3.17. The molecule has 42 valence electrons. The van der Waals surface area contributed by atoms with E-state index in [0.29, 0.717) is 0 Å². The molecular formula is C3H2F4. The second-order valence-electron chi connectivity index (χ2n) is 0.795. The molecule has 0 fully saturated rings. The monoisotopic (exact) mass is 114 g/mol. The highest BCUT2D eigenvalue weighted by Gasteiger charge is 2.08. The van der Waals surface area contributed by atoms with Crippen LogP contribution in [0.5, 0.6) is 0 Å². The van der Waals surface area contributed by atoms with E-state index in [4.69, 9.17) is 0 Å². The van der Waals surface area contributed by atoms with Gasteiger partial charge in [-0.25, -0.2) is 17.6 Å². The second kappa shape index (κ2) is 2.60. The molecule has 0 N–H and O–H groups in total. The fourth-order valence-electron chi connectivity index (χ4n) is 0.0476. The zero-order valence-corrected chi connectivity index (χ0v) is 3.17. The maximum Gasteiger partial charge on any atom is 0.291 e. The van der Waals surface area contributed by atoms with E-state index < -0.39 is 18.6 Å². The molecule has 0 aromatic heterocycles. The Hall–Kier alpha value is -0.540. The molecule has 0 saturated heterocycles. The molecule has 0 aliphatic carbocycles. The molecule has 0 saturated carbocycles. The lowest BCUT2D eigenvalue weighted by Crippen LogP contribution is -1.87. The van der Waals surface area contributed by atoms with Crippen LogP contribution in [0.25, 0.3) is 0 Å². The molecule has 0 spiro atoms. The van der Waals surface area contributed by atoms with E-state index in [1.165, 1.54) is 0 Å². The summed E-state index contributed by atoms with van der Waals surface area (Å²) in [5.74, 6) is -2.03. The van der Waals surface area contributed by atoms with Crippen molar-refractivity contribution in [2.45, 2.75) is 6.43 Å². The van der Waals surface area contributed by atoms with Gasteiger partial charge in [0.25, 0.3) is 6.43 Å². The summed E-state index contributed by atoms with van der Waals surface area (Å²) < 4.78 is 43.1. The van der Waals surface area contributed by atoms with Crippen LogP contribution in [0, 0.1) is 0 Å². The Balaban J connectivity index is 3.56. The number of allylic oxidation sites excluding steroid dienone is 1. The van der Waals surface area contributed by atoms with E-state index in [0.717, 1.165) is 0 Å². The van der Waals surface area contributed by atoms with Gasteiger partial charge in [-0.05, 0) is 0 Å². The third kappa shape index (κ3) is 2.19. The summed E-state index contributed by atoms with van der Waals surface area (Å²) in [6.07, 6.45) is -4.07. The number of alkyl halides is 2. The Kier molecular flexibility index (Phi) is 2.40. The Morgan fingerprint density at radius 3 is 1.86 bits per heavy atom. The van der Waals surface area contributed by atoms with Crippen molar-refractivity contribution in [1.29, 1.82) is 0 Å². The Morgan fingerprint density at radius 2 is 1.86 bits per heavy atom. The molecule has 0 atom stereocenters. The first kappa shape index (κ1) is 6.46. The summed E-state index contributed by atoms with van der Waals surface area (Å²) in [4.78, 5) is 0. The molecule has 0 nitrogen and oxygen atoms in total. The van der Waals surface area contributed by atoms with Gasteiger partial charge in [-0.3, -0.25) is 0 Å². The number of halogens is 4. The molecular weight excluding hydrogens is 112 g/mol. The predicted molar refractivity (Wildman–Crippen MR) is 16.3 cm³/mol. The van der Waals surface area contributed by atoms with Crippen molar-refractivity contribution >= 4 is 0 Å². The van der Waals surface area contributed by atoms with E-state index >= 15 is 0 Å². The SMILES string of the molecule is F/C=C(/F)C(F)F. The first-order chi connectivity index (χ1) is 3.18. The van der Waals surface area contributed by atoms with Gasteiger partial charge in [0.05, 0.1) is 0 Å². The molecule has 0 bridgehead atoms. The summed E-state index contributed by atoms with van der Waals surface area (Å²) in [6.45, 7) is 0.